The Balaban J connectivity index is 1.43. The van der Waals surface area contributed by atoms with E-state index in [1.807, 2.05) is 6.07 Å². The van der Waals surface area contributed by atoms with Crippen LogP contribution in [0.3, 0.4) is 0 Å². The number of benzene rings is 1. The van der Waals surface area contributed by atoms with Gasteiger partial charge >= 0.3 is 6.03 Å². The molecule has 27 heavy (non-hydrogen) atoms. The summed E-state index contributed by atoms with van der Waals surface area (Å²) in [6.07, 6.45) is 2.07. The molecule has 2 amide bonds. The Morgan fingerprint density at radius 2 is 2.07 bits per heavy atom. The topological polar surface area (TPSA) is 101 Å². The molecule has 1 fully saturated rings. The van der Waals surface area contributed by atoms with Crippen molar-refractivity contribution in [1.29, 1.82) is 0 Å². The van der Waals surface area contributed by atoms with Crippen LogP contribution < -0.4 is 15.4 Å². The first kappa shape index (κ1) is 18.2. The van der Waals surface area contributed by atoms with Crippen LogP contribution in [0.5, 0.6) is 5.75 Å². The molecule has 0 radical (unpaired) electrons. The van der Waals surface area contributed by atoms with E-state index < -0.39 is 16.1 Å². The van der Waals surface area contributed by atoms with Crippen LogP contribution in [0.25, 0.3) is 0 Å². The molecule has 2 N–H and O–H groups in total. The van der Waals surface area contributed by atoms with Gasteiger partial charge in [-0.15, -0.1) is 0 Å². The van der Waals surface area contributed by atoms with Gasteiger partial charge in [-0.3, -0.25) is 5.32 Å². The summed E-state index contributed by atoms with van der Waals surface area (Å²) < 4.78 is 31.6. The standard InChI is InChI=1S/C17H20N4O4S2/c1-25-14-5-3-2-4-12(14)18-16(22)20-17-19-13-8-9-21(10-15(13)26-17)27(23,24)11-6-7-11/h2-5,11H,6-10H2,1H3,(H2,18,19,20,22). The first-order valence-corrected chi connectivity index (χ1v) is 11.0. The van der Waals surface area contributed by atoms with Gasteiger partial charge in [0.25, 0.3) is 0 Å². The summed E-state index contributed by atoms with van der Waals surface area (Å²) in [5.41, 5.74) is 1.41. The lowest BCUT2D eigenvalue weighted by Crippen LogP contribution is -2.37. The molecule has 1 aromatic heterocycles. The van der Waals surface area contributed by atoms with E-state index in [1.54, 1.807) is 22.5 Å². The highest BCUT2D eigenvalue weighted by atomic mass is 32.2. The lowest BCUT2D eigenvalue weighted by atomic mass is 10.2. The number of aromatic nitrogens is 1. The van der Waals surface area contributed by atoms with Crippen LogP contribution in [0.4, 0.5) is 15.6 Å². The normalized spacial score (nSPS) is 17.2. The maximum atomic E-state index is 12.4. The number of hydrogen-bond acceptors (Lipinski definition) is 6. The summed E-state index contributed by atoms with van der Waals surface area (Å²) in [7, 11) is -1.66. The number of urea groups is 1. The average molecular weight is 409 g/mol. The predicted octanol–water partition coefficient (Wildman–Crippen LogP) is 2.65. The third kappa shape index (κ3) is 3.78. The Morgan fingerprint density at radius 3 is 2.81 bits per heavy atom. The first-order valence-electron chi connectivity index (χ1n) is 8.66. The minimum atomic E-state index is -3.20. The number of rotatable bonds is 5. The van der Waals surface area contributed by atoms with Gasteiger partial charge in [-0.25, -0.2) is 18.2 Å². The second-order valence-electron chi connectivity index (χ2n) is 6.50. The molecular formula is C17H20N4O4S2. The quantitative estimate of drug-likeness (QED) is 0.792. The van der Waals surface area contributed by atoms with Crippen molar-refractivity contribution in [3.8, 4) is 5.75 Å². The van der Waals surface area contributed by atoms with E-state index in [2.05, 4.69) is 15.6 Å². The van der Waals surface area contributed by atoms with Crippen molar-refractivity contribution >= 4 is 38.2 Å². The number of hydrogen-bond donors (Lipinski definition) is 2. The fourth-order valence-corrected chi connectivity index (χ4v) is 5.93. The van der Waals surface area contributed by atoms with Gasteiger partial charge in [0.1, 0.15) is 5.75 Å². The highest BCUT2D eigenvalue weighted by molar-refractivity contribution is 7.90. The van der Waals surface area contributed by atoms with Gasteiger partial charge in [0.05, 0.1) is 23.7 Å². The Kier molecular flexibility index (Phi) is 4.79. The Labute approximate surface area is 161 Å². The van der Waals surface area contributed by atoms with Crippen LogP contribution >= 0.6 is 11.3 Å². The van der Waals surface area contributed by atoms with E-state index in [-0.39, 0.29) is 5.25 Å². The van der Waals surface area contributed by atoms with E-state index in [0.29, 0.717) is 36.1 Å². The number of anilines is 2. The zero-order valence-electron chi connectivity index (χ0n) is 14.8. The van der Waals surface area contributed by atoms with Gasteiger partial charge < -0.3 is 10.1 Å². The molecule has 8 nitrogen and oxygen atoms in total. The zero-order valence-corrected chi connectivity index (χ0v) is 16.4. The van der Waals surface area contributed by atoms with Gasteiger partial charge in [-0.2, -0.15) is 4.31 Å². The number of para-hydroxylation sites is 2. The number of ether oxygens (including phenoxy) is 1. The Morgan fingerprint density at radius 1 is 1.30 bits per heavy atom. The van der Waals surface area contributed by atoms with E-state index >= 15 is 0 Å². The Hall–Kier alpha value is -2.17. The predicted molar refractivity (Wildman–Crippen MR) is 104 cm³/mol. The summed E-state index contributed by atoms with van der Waals surface area (Å²) in [6, 6.07) is 6.69. The van der Waals surface area contributed by atoms with Crippen LogP contribution in [0, 0.1) is 0 Å². The number of carbonyl (C=O) groups is 1. The SMILES string of the molecule is COc1ccccc1NC(=O)Nc1nc2c(s1)CN(S(=O)(=O)C1CC1)CC2. The van der Waals surface area contributed by atoms with Crippen LogP contribution in [-0.2, 0) is 23.0 Å². The lowest BCUT2D eigenvalue weighted by molar-refractivity contribution is 0.262. The number of sulfonamides is 1. The lowest BCUT2D eigenvalue weighted by Gasteiger charge is -2.25. The number of fused-ring (bicyclic) bond motifs is 1. The third-order valence-electron chi connectivity index (χ3n) is 4.58. The molecule has 0 bridgehead atoms. The smallest absolute Gasteiger partial charge is 0.325 e. The highest BCUT2D eigenvalue weighted by Gasteiger charge is 2.41. The summed E-state index contributed by atoms with van der Waals surface area (Å²) in [4.78, 5) is 17.6. The van der Waals surface area contributed by atoms with Gasteiger partial charge in [-0.05, 0) is 25.0 Å². The molecule has 2 heterocycles. The van der Waals surface area contributed by atoms with Gasteiger partial charge in [0, 0.05) is 24.4 Å². The zero-order chi connectivity index (χ0) is 19.0. The van der Waals surface area contributed by atoms with Crippen molar-refractivity contribution in [1.82, 2.24) is 9.29 Å². The average Bonchev–Trinajstić information content (AvgIpc) is 3.43. The molecule has 1 aliphatic carbocycles. The number of methoxy groups -OCH3 is 1. The molecule has 2 aromatic rings. The summed E-state index contributed by atoms with van der Waals surface area (Å²) in [5.74, 6) is 0.562. The van der Waals surface area contributed by atoms with E-state index in [0.717, 1.165) is 23.4 Å². The molecule has 2 aliphatic rings. The van der Waals surface area contributed by atoms with Crippen molar-refractivity contribution in [3.63, 3.8) is 0 Å². The van der Waals surface area contributed by atoms with Crippen molar-refractivity contribution in [3.05, 3.63) is 34.8 Å². The number of nitrogens with one attached hydrogen (secondary N) is 2. The maximum absolute atomic E-state index is 12.4. The monoisotopic (exact) mass is 408 g/mol. The molecule has 1 aliphatic heterocycles. The van der Waals surface area contributed by atoms with Crippen LogP contribution in [0.1, 0.15) is 23.4 Å². The molecule has 1 aromatic carbocycles. The maximum Gasteiger partial charge on any atom is 0.325 e. The van der Waals surface area contributed by atoms with E-state index in [4.69, 9.17) is 4.74 Å². The minimum Gasteiger partial charge on any atom is -0.495 e. The number of thiazole rings is 1. The van der Waals surface area contributed by atoms with Gasteiger partial charge in [0.2, 0.25) is 10.0 Å². The summed E-state index contributed by atoms with van der Waals surface area (Å²) in [6.45, 7) is 0.782. The fraction of sp³-hybridized carbons (Fsp3) is 0.412. The molecule has 4 rings (SSSR count). The van der Waals surface area contributed by atoms with Gasteiger partial charge in [0.15, 0.2) is 5.13 Å². The summed E-state index contributed by atoms with van der Waals surface area (Å²) >= 11 is 1.32. The van der Waals surface area contributed by atoms with Crippen LogP contribution in [0.2, 0.25) is 0 Å². The number of carbonyl (C=O) groups excluding carboxylic acids is 1. The second-order valence-corrected chi connectivity index (χ2v) is 9.79. The van der Waals surface area contributed by atoms with E-state index in [1.165, 1.54) is 18.4 Å². The second kappa shape index (κ2) is 7.10. The highest BCUT2D eigenvalue weighted by Crippen LogP contribution is 2.35. The van der Waals surface area contributed by atoms with E-state index in [9.17, 15) is 13.2 Å². The number of nitrogens with zero attached hydrogens (tertiary/aromatic N) is 2. The molecule has 1 saturated carbocycles. The molecule has 0 saturated heterocycles. The van der Waals surface area contributed by atoms with Crippen molar-refractivity contribution in [2.75, 3.05) is 24.3 Å². The summed E-state index contributed by atoms with van der Waals surface area (Å²) in [5, 5.41) is 5.70. The van der Waals surface area contributed by atoms with Crippen LogP contribution in [0.15, 0.2) is 24.3 Å². The van der Waals surface area contributed by atoms with Crippen molar-refractivity contribution in [2.24, 2.45) is 0 Å². The first-order chi connectivity index (χ1) is 13.0. The molecular weight excluding hydrogens is 388 g/mol. The van der Waals surface area contributed by atoms with Crippen LogP contribution in [-0.4, -0.2) is 42.6 Å². The molecule has 0 unspecified atom stereocenters. The number of amides is 2. The molecule has 144 valence electrons. The molecule has 0 atom stereocenters. The van der Waals surface area contributed by atoms with Gasteiger partial charge in [-0.1, -0.05) is 23.5 Å². The fourth-order valence-electron chi connectivity index (χ4n) is 3.02. The third-order valence-corrected chi connectivity index (χ3v) is 7.92. The largest absolute Gasteiger partial charge is 0.495 e. The van der Waals surface area contributed by atoms with Crippen molar-refractivity contribution in [2.45, 2.75) is 31.1 Å². The molecule has 0 spiro atoms. The Bertz CT molecular complexity index is 969. The van der Waals surface area contributed by atoms with Crippen molar-refractivity contribution < 1.29 is 17.9 Å². The minimum absolute atomic E-state index is 0.212. The molecule has 10 heteroatoms.